The van der Waals surface area contributed by atoms with Crippen molar-refractivity contribution in [1.82, 2.24) is 0 Å². The number of carbonyl (C=O) groups is 4. The van der Waals surface area contributed by atoms with Crippen LogP contribution in [0.2, 0.25) is 0 Å². The molecule has 0 aliphatic heterocycles. The summed E-state index contributed by atoms with van der Waals surface area (Å²) in [5.74, 6) is -13.1. The molecule has 2 aromatic rings. The summed E-state index contributed by atoms with van der Waals surface area (Å²) in [6, 6.07) is 4.67. The van der Waals surface area contributed by atoms with E-state index in [1.54, 1.807) is 0 Å². The molecule has 2 aromatic carbocycles. The fourth-order valence-corrected chi connectivity index (χ4v) is 9.41. The van der Waals surface area contributed by atoms with Crippen molar-refractivity contribution in [2.45, 2.75) is 12.2 Å². The Kier molecular flexibility index (Phi) is 4.30. The molecule has 0 heterocycles. The molecule has 4 fully saturated rings. The highest BCUT2D eigenvalue weighted by atomic mass is 16.5. The molecule has 6 unspecified atom stereocenters. The number of fused-ring (bicyclic) bond motifs is 4. The third kappa shape index (κ3) is 2.14. The number of aliphatic hydroxyl groups excluding tert-OH is 4. The van der Waals surface area contributed by atoms with Gasteiger partial charge >= 0.3 is 0 Å². The Morgan fingerprint density at radius 1 is 0.619 bits per heavy atom. The van der Waals surface area contributed by atoms with Crippen LogP contribution in [0.5, 0.6) is 23.0 Å². The number of aliphatic hydroxyl groups is 4. The minimum atomic E-state index is -2.33. The SMILES string of the molecule is COc1cc(O)c2c(c1)C(=O)C13C(=C2O)C(=O)C2[C@@H](O)C1[C@H]1C(O)C3C(=O)C3=C(O)c4c(O)cc(OC)cc4C(=O)C321. The predicted octanol–water partition coefficient (Wildman–Crippen LogP) is 1.10. The van der Waals surface area contributed by atoms with Crippen LogP contribution in [0.25, 0.3) is 11.5 Å². The number of phenolic OH excluding ortho intramolecular Hbond substituents is 2. The van der Waals surface area contributed by atoms with Crippen molar-refractivity contribution in [3.05, 3.63) is 57.7 Å². The molecule has 4 bridgehead atoms. The second-order valence-corrected chi connectivity index (χ2v) is 11.7. The molecule has 8 rings (SSSR count). The van der Waals surface area contributed by atoms with Gasteiger partial charge in [0.05, 0.1) is 71.4 Å². The molecule has 0 aromatic heterocycles. The van der Waals surface area contributed by atoms with Crippen LogP contribution < -0.4 is 9.47 Å². The maximum absolute atomic E-state index is 14.6. The van der Waals surface area contributed by atoms with Gasteiger partial charge in [-0.15, -0.1) is 0 Å². The Morgan fingerprint density at radius 2 is 0.976 bits per heavy atom. The van der Waals surface area contributed by atoms with Gasteiger partial charge in [-0.3, -0.25) is 19.2 Å². The minimum absolute atomic E-state index is 0.0209. The molecular formula is C30H22O12. The van der Waals surface area contributed by atoms with E-state index in [4.69, 9.17) is 9.47 Å². The van der Waals surface area contributed by atoms with Crippen molar-refractivity contribution in [2.24, 2.45) is 34.5 Å². The average molecular weight is 574 g/mol. The molecule has 0 saturated heterocycles. The van der Waals surface area contributed by atoms with Crippen LogP contribution in [-0.4, -0.2) is 80.2 Å². The third-order valence-electron chi connectivity index (χ3n) is 10.6. The van der Waals surface area contributed by atoms with Gasteiger partial charge in [-0.1, -0.05) is 0 Å². The molecule has 12 nitrogen and oxygen atoms in total. The van der Waals surface area contributed by atoms with Gasteiger partial charge in [0.15, 0.2) is 23.1 Å². The zero-order chi connectivity index (χ0) is 29.9. The lowest BCUT2D eigenvalue weighted by Gasteiger charge is -2.53. The Balaban J connectivity index is 1.52. The molecule has 0 radical (unpaired) electrons. The summed E-state index contributed by atoms with van der Waals surface area (Å²) in [6.45, 7) is 0. The summed E-state index contributed by atoms with van der Waals surface area (Å²) in [4.78, 5) is 58.2. The zero-order valence-corrected chi connectivity index (χ0v) is 21.9. The van der Waals surface area contributed by atoms with E-state index in [0.717, 1.165) is 12.1 Å². The van der Waals surface area contributed by atoms with E-state index >= 15 is 0 Å². The van der Waals surface area contributed by atoms with Crippen LogP contribution in [0, 0.1) is 34.5 Å². The Bertz CT molecular complexity index is 1720. The molecule has 2 spiro atoms. The maximum atomic E-state index is 14.6. The number of allylic oxidation sites excluding steroid dienone is 2. The highest BCUT2D eigenvalue weighted by Crippen LogP contribution is 2.80. The van der Waals surface area contributed by atoms with E-state index in [2.05, 4.69) is 0 Å². The topological polar surface area (TPSA) is 208 Å². The van der Waals surface area contributed by atoms with Crippen LogP contribution in [0.15, 0.2) is 35.4 Å². The van der Waals surface area contributed by atoms with E-state index in [1.165, 1.54) is 26.4 Å². The zero-order valence-electron chi connectivity index (χ0n) is 21.9. The largest absolute Gasteiger partial charge is 0.507 e. The number of Topliss-reactive ketones (excluding diaryl/α,β-unsaturated/α-hetero) is 4. The number of aromatic hydroxyl groups is 2. The molecule has 0 amide bonds. The number of phenols is 2. The van der Waals surface area contributed by atoms with Crippen LogP contribution in [0.3, 0.4) is 0 Å². The monoisotopic (exact) mass is 574 g/mol. The molecule has 214 valence electrons. The number of methoxy groups -OCH3 is 2. The van der Waals surface area contributed by atoms with Gasteiger partial charge < -0.3 is 40.1 Å². The molecule has 6 aliphatic rings. The molecular weight excluding hydrogens is 552 g/mol. The van der Waals surface area contributed by atoms with Gasteiger partial charge in [0.1, 0.15) is 34.5 Å². The first-order valence-corrected chi connectivity index (χ1v) is 13.2. The highest BCUT2D eigenvalue weighted by molar-refractivity contribution is 6.30. The summed E-state index contributed by atoms with van der Waals surface area (Å²) in [5.41, 5.74) is -7.16. The molecule has 6 N–H and O–H groups in total. The second kappa shape index (κ2) is 7.20. The van der Waals surface area contributed by atoms with Gasteiger partial charge in [0.25, 0.3) is 0 Å². The van der Waals surface area contributed by atoms with Gasteiger partial charge in [0, 0.05) is 35.1 Å². The van der Waals surface area contributed by atoms with E-state index in [1.807, 2.05) is 0 Å². The molecule has 42 heavy (non-hydrogen) atoms. The first-order valence-electron chi connectivity index (χ1n) is 13.2. The summed E-state index contributed by atoms with van der Waals surface area (Å²) < 4.78 is 10.3. The predicted molar refractivity (Wildman–Crippen MR) is 138 cm³/mol. The normalized spacial score (nSPS) is 36.7. The maximum Gasteiger partial charge on any atom is 0.175 e. The first-order chi connectivity index (χ1) is 19.9. The van der Waals surface area contributed by atoms with Crippen molar-refractivity contribution in [2.75, 3.05) is 14.2 Å². The van der Waals surface area contributed by atoms with Crippen LogP contribution in [0.1, 0.15) is 31.8 Å². The number of hydrogen-bond acceptors (Lipinski definition) is 12. The van der Waals surface area contributed by atoms with Crippen molar-refractivity contribution in [3.8, 4) is 23.0 Å². The van der Waals surface area contributed by atoms with Gasteiger partial charge in [-0.25, -0.2) is 0 Å². The lowest BCUT2D eigenvalue weighted by Crippen LogP contribution is -2.65. The number of ether oxygens (including phenoxy) is 2. The van der Waals surface area contributed by atoms with E-state index in [0.29, 0.717) is 0 Å². The summed E-state index contributed by atoms with van der Waals surface area (Å²) in [5, 5.41) is 68.2. The summed E-state index contributed by atoms with van der Waals surface area (Å²) >= 11 is 0. The lowest BCUT2D eigenvalue weighted by atomic mass is 9.46. The van der Waals surface area contributed by atoms with Crippen molar-refractivity contribution in [1.29, 1.82) is 0 Å². The smallest absolute Gasteiger partial charge is 0.175 e. The fourth-order valence-electron chi connectivity index (χ4n) is 9.41. The summed E-state index contributed by atoms with van der Waals surface area (Å²) in [6.07, 6.45) is -3.49. The van der Waals surface area contributed by atoms with Crippen LogP contribution in [-0.2, 0) is 9.59 Å². The third-order valence-corrected chi connectivity index (χ3v) is 10.6. The number of ketones is 4. The second-order valence-electron chi connectivity index (χ2n) is 11.7. The minimum Gasteiger partial charge on any atom is -0.507 e. The number of rotatable bonds is 2. The van der Waals surface area contributed by atoms with E-state index in [-0.39, 0.29) is 33.8 Å². The first kappa shape index (κ1) is 25.1. The Hall–Kier alpha value is -4.68. The van der Waals surface area contributed by atoms with Crippen LogP contribution >= 0.6 is 0 Å². The molecule has 6 aliphatic carbocycles. The highest BCUT2D eigenvalue weighted by Gasteiger charge is 2.89. The van der Waals surface area contributed by atoms with Crippen molar-refractivity contribution >= 4 is 34.7 Å². The molecule has 8 atom stereocenters. The Morgan fingerprint density at radius 3 is 1.31 bits per heavy atom. The van der Waals surface area contributed by atoms with Crippen molar-refractivity contribution < 1.29 is 59.3 Å². The lowest BCUT2D eigenvalue weighted by molar-refractivity contribution is -0.142. The van der Waals surface area contributed by atoms with Gasteiger partial charge in [0.2, 0.25) is 0 Å². The average Bonchev–Trinajstić information content (AvgIpc) is 3.31. The molecule has 12 heteroatoms. The number of hydrogen-bond donors (Lipinski definition) is 6. The van der Waals surface area contributed by atoms with E-state index < -0.39 is 104 Å². The number of benzene rings is 2. The molecule has 4 saturated carbocycles. The standard InChI is InChI=1S/C30H22O12/c1-41-7-3-9-13(11(31)5-7)21(33)17-25(37)20-23(35)15-16-24(36)19(29(15,17)27(9)39)26(38)18-22(34)14-10(28(40)30(16,18)20)4-8(42-2)6-12(14)32/h3-6,15-16,19-20,23-24,31-36H,1-2H3/t15-,16?,19?,20?,23?,24-,29?,30?/m0/s1. The van der Waals surface area contributed by atoms with E-state index in [9.17, 15) is 49.8 Å². The quantitative estimate of drug-likeness (QED) is 0.298. The van der Waals surface area contributed by atoms with Gasteiger partial charge in [-0.2, -0.15) is 0 Å². The summed E-state index contributed by atoms with van der Waals surface area (Å²) in [7, 11) is 2.55. The van der Waals surface area contributed by atoms with Crippen molar-refractivity contribution in [3.63, 3.8) is 0 Å². The van der Waals surface area contributed by atoms with Gasteiger partial charge in [-0.05, 0) is 12.1 Å². The van der Waals surface area contributed by atoms with Crippen LogP contribution in [0.4, 0.5) is 0 Å². The Labute approximate surface area is 235 Å². The fraction of sp³-hybridized carbons (Fsp3) is 0.333. The number of carbonyl (C=O) groups excluding carboxylic acids is 4.